The van der Waals surface area contributed by atoms with Gasteiger partial charge in [-0.05, 0) is 56.2 Å². The first kappa shape index (κ1) is 17.4. The number of benzene rings is 1. The van der Waals surface area contributed by atoms with Crippen molar-refractivity contribution in [2.24, 2.45) is 11.3 Å². The molecule has 138 valence electrons. The third kappa shape index (κ3) is 2.22. The van der Waals surface area contributed by atoms with Crippen molar-refractivity contribution in [3.05, 3.63) is 35.5 Å². The summed E-state index contributed by atoms with van der Waals surface area (Å²) in [6.07, 6.45) is 1.13. The number of rotatable bonds is 2. The van der Waals surface area contributed by atoms with Gasteiger partial charge in [-0.25, -0.2) is 4.98 Å². The van der Waals surface area contributed by atoms with Crippen molar-refractivity contribution in [3.8, 4) is 0 Å². The third-order valence-electron chi connectivity index (χ3n) is 7.00. The molecule has 1 fully saturated rings. The van der Waals surface area contributed by atoms with Crippen molar-refractivity contribution in [1.29, 1.82) is 0 Å². The fourth-order valence-electron chi connectivity index (χ4n) is 5.11. The molecule has 4 rings (SSSR count). The predicted octanol–water partition coefficient (Wildman–Crippen LogP) is 6.25. The molecule has 0 amide bonds. The summed E-state index contributed by atoms with van der Waals surface area (Å²) in [6.45, 7) is 16.1. The number of anilines is 1. The van der Waals surface area contributed by atoms with E-state index in [-0.39, 0.29) is 5.41 Å². The van der Waals surface area contributed by atoms with E-state index in [0.717, 1.165) is 28.8 Å². The lowest BCUT2D eigenvalue weighted by molar-refractivity contribution is 0.237. The predicted molar refractivity (Wildman–Crippen MR) is 110 cm³/mol. The second kappa shape index (κ2) is 5.73. The van der Waals surface area contributed by atoms with Gasteiger partial charge in [0.05, 0.1) is 5.69 Å². The summed E-state index contributed by atoms with van der Waals surface area (Å²) in [5.74, 6) is 0.617. The lowest BCUT2D eigenvalue weighted by Crippen LogP contribution is -2.39. The Morgan fingerprint density at radius 1 is 1.08 bits per heavy atom. The van der Waals surface area contributed by atoms with Crippen molar-refractivity contribution >= 4 is 27.8 Å². The number of fused-ring (bicyclic) bond motifs is 3. The minimum absolute atomic E-state index is 0.267. The summed E-state index contributed by atoms with van der Waals surface area (Å²) in [5, 5.41) is 2.28. The zero-order chi connectivity index (χ0) is 18.8. The molecule has 1 saturated heterocycles. The van der Waals surface area contributed by atoms with Gasteiger partial charge in [0.1, 0.15) is 0 Å². The van der Waals surface area contributed by atoms with Crippen LogP contribution in [0.25, 0.3) is 22.1 Å². The van der Waals surface area contributed by atoms with E-state index >= 15 is 0 Å². The fraction of sp³-hybridized carbons (Fsp3) is 0.522. The van der Waals surface area contributed by atoms with Gasteiger partial charge in [-0.2, -0.15) is 0 Å². The van der Waals surface area contributed by atoms with E-state index in [1.807, 2.05) is 6.92 Å². The molecule has 2 aromatic heterocycles. The Hall–Kier alpha value is -2.03. The van der Waals surface area contributed by atoms with Crippen LogP contribution in [0, 0.1) is 25.2 Å². The molecule has 3 heteroatoms. The van der Waals surface area contributed by atoms with Gasteiger partial charge in [-0.1, -0.05) is 39.8 Å². The van der Waals surface area contributed by atoms with Gasteiger partial charge in [-0.15, -0.1) is 0 Å². The third-order valence-corrected chi connectivity index (χ3v) is 7.00. The second-order valence-corrected chi connectivity index (χ2v) is 8.70. The van der Waals surface area contributed by atoms with Crippen LogP contribution in [0.5, 0.6) is 0 Å². The monoisotopic (exact) mass is 350 g/mol. The minimum atomic E-state index is 0.267. The van der Waals surface area contributed by atoms with Crippen LogP contribution in [0.4, 0.5) is 5.69 Å². The Morgan fingerprint density at radius 2 is 1.77 bits per heavy atom. The summed E-state index contributed by atoms with van der Waals surface area (Å²) >= 11 is 0. The van der Waals surface area contributed by atoms with E-state index in [1.165, 1.54) is 16.6 Å². The summed E-state index contributed by atoms with van der Waals surface area (Å²) in [5.41, 5.74) is 5.54. The van der Waals surface area contributed by atoms with Crippen LogP contribution in [-0.2, 0) is 0 Å². The molecular formula is C23H30N2O. The van der Waals surface area contributed by atoms with Crippen LogP contribution in [0.2, 0.25) is 0 Å². The average molecular weight is 351 g/mol. The van der Waals surface area contributed by atoms with Gasteiger partial charge in [0.25, 0.3) is 0 Å². The fourth-order valence-corrected chi connectivity index (χ4v) is 5.11. The Balaban J connectivity index is 2.01. The van der Waals surface area contributed by atoms with Gasteiger partial charge in [0, 0.05) is 28.6 Å². The molecule has 3 aromatic rings. The maximum Gasteiger partial charge on any atom is 0.227 e. The standard InChI is InChI=1S/C23H30N2O/c1-8-19-23(6,7)15(4)16(5)25(19)20-13(2)9-11-17-18-12-10-14(3)24-22(18)26-21(17)20/h9-12,15-16,19H,8H2,1-7H3/t15?,16-,19?/m0/s1. The SMILES string of the molecule is CCC1N(c2c(C)ccc3c2oc2nc(C)ccc23)[C@@H](C)C(C)C1(C)C. The summed E-state index contributed by atoms with van der Waals surface area (Å²) < 4.78 is 6.35. The molecule has 0 saturated carbocycles. The molecule has 0 spiro atoms. The molecule has 2 unspecified atom stereocenters. The lowest BCUT2D eigenvalue weighted by atomic mass is 9.75. The zero-order valence-electron chi connectivity index (χ0n) is 17.1. The summed E-state index contributed by atoms with van der Waals surface area (Å²) in [7, 11) is 0. The molecule has 1 aromatic carbocycles. The lowest BCUT2D eigenvalue weighted by Gasteiger charge is -2.35. The first-order valence-corrected chi connectivity index (χ1v) is 9.85. The number of aryl methyl sites for hydroxylation is 2. The molecule has 0 N–H and O–H groups in total. The topological polar surface area (TPSA) is 29.3 Å². The Labute approximate surface area is 156 Å². The van der Waals surface area contributed by atoms with Crippen LogP contribution in [-0.4, -0.2) is 17.1 Å². The normalized spacial score (nSPS) is 25.5. The van der Waals surface area contributed by atoms with Crippen molar-refractivity contribution < 1.29 is 4.42 Å². The van der Waals surface area contributed by atoms with Crippen LogP contribution < -0.4 is 4.90 Å². The van der Waals surface area contributed by atoms with E-state index in [1.54, 1.807) is 0 Å². The van der Waals surface area contributed by atoms with Crippen LogP contribution in [0.15, 0.2) is 28.7 Å². The minimum Gasteiger partial charge on any atom is -0.436 e. The molecule has 0 aliphatic carbocycles. The molecule has 1 aliphatic rings. The molecule has 3 atom stereocenters. The van der Waals surface area contributed by atoms with Crippen molar-refractivity contribution in [3.63, 3.8) is 0 Å². The zero-order valence-corrected chi connectivity index (χ0v) is 17.1. The average Bonchev–Trinajstić information content (AvgIpc) is 3.02. The number of pyridine rings is 1. The van der Waals surface area contributed by atoms with Gasteiger partial charge in [0.2, 0.25) is 5.71 Å². The Kier molecular flexibility index (Phi) is 3.83. The number of furan rings is 1. The highest BCUT2D eigenvalue weighted by Crippen LogP contribution is 2.50. The molecular weight excluding hydrogens is 320 g/mol. The number of hydrogen-bond donors (Lipinski definition) is 0. The van der Waals surface area contributed by atoms with Crippen LogP contribution in [0.3, 0.4) is 0 Å². The van der Waals surface area contributed by atoms with E-state index in [4.69, 9.17) is 4.42 Å². The summed E-state index contributed by atoms with van der Waals surface area (Å²) in [4.78, 5) is 7.26. The van der Waals surface area contributed by atoms with E-state index in [0.29, 0.717) is 18.0 Å². The van der Waals surface area contributed by atoms with Gasteiger partial charge < -0.3 is 9.32 Å². The quantitative estimate of drug-likeness (QED) is 0.547. The second-order valence-electron chi connectivity index (χ2n) is 8.70. The molecule has 26 heavy (non-hydrogen) atoms. The largest absolute Gasteiger partial charge is 0.436 e. The molecule has 3 heterocycles. The van der Waals surface area contributed by atoms with E-state index < -0.39 is 0 Å². The van der Waals surface area contributed by atoms with Crippen LogP contribution in [0.1, 0.15) is 52.3 Å². The highest BCUT2D eigenvalue weighted by atomic mass is 16.3. The maximum atomic E-state index is 6.35. The number of aromatic nitrogens is 1. The molecule has 3 nitrogen and oxygen atoms in total. The van der Waals surface area contributed by atoms with E-state index in [2.05, 4.69) is 75.7 Å². The van der Waals surface area contributed by atoms with Crippen molar-refractivity contribution in [1.82, 2.24) is 4.98 Å². The maximum absolute atomic E-state index is 6.35. The Morgan fingerprint density at radius 3 is 2.46 bits per heavy atom. The first-order chi connectivity index (χ1) is 12.3. The first-order valence-electron chi connectivity index (χ1n) is 9.85. The number of nitrogens with zero attached hydrogens (tertiary/aromatic N) is 2. The summed E-state index contributed by atoms with van der Waals surface area (Å²) in [6, 6.07) is 9.60. The van der Waals surface area contributed by atoms with Gasteiger partial charge in [0.15, 0.2) is 5.58 Å². The van der Waals surface area contributed by atoms with E-state index in [9.17, 15) is 0 Å². The smallest absolute Gasteiger partial charge is 0.227 e. The molecule has 0 radical (unpaired) electrons. The highest BCUT2D eigenvalue weighted by Gasteiger charge is 2.50. The van der Waals surface area contributed by atoms with Crippen LogP contribution >= 0.6 is 0 Å². The highest BCUT2D eigenvalue weighted by molar-refractivity contribution is 6.08. The molecule has 0 bridgehead atoms. The van der Waals surface area contributed by atoms with Gasteiger partial charge in [-0.3, -0.25) is 0 Å². The van der Waals surface area contributed by atoms with Crippen molar-refractivity contribution in [2.45, 2.75) is 67.0 Å². The van der Waals surface area contributed by atoms with Gasteiger partial charge >= 0.3 is 0 Å². The van der Waals surface area contributed by atoms with Crippen molar-refractivity contribution in [2.75, 3.05) is 4.90 Å². The molecule has 1 aliphatic heterocycles. The Bertz CT molecular complexity index is 985. The number of hydrogen-bond acceptors (Lipinski definition) is 3.